The lowest BCUT2D eigenvalue weighted by molar-refractivity contribution is -0.542. The van der Waals surface area contributed by atoms with E-state index in [1.54, 1.807) is 11.7 Å². The topological polar surface area (TPSA) is 53.5 Å². The van der Waals surface area contributed by atoms with E-state index in [4.69, 9.17) is 0 Å². The minimum Gasteiger partial charge on any atom is -0.484 e. The molecule has 21 heteroatoms. The van der Waals surface area contributed by atoms with Crippen molar-refractivity contribution in [3.05, 3.63) is 42.2 Å². The van der Waals surface area contributed by atoms with Gasteiger partial charge in [-0.25, -0.2) is 23.8 Å². The van der Waals surface area contributed by atoms with Crippen molar-refractivity contribution in [3.63, 3.8) is 0 Å². The van der Waals surface area contributed by atoms with Gasteiger partial charge >= 0.3 is 42.5 Å². The van der Waals surface area contributed by atoms with Gasteiger partial charge in [-0.15, -0.1) is 0 Å². The van der Waals surface area contributed by atoms with Crippen LogP contribution in [-0.4, -0.2) is 65.2 Å². The summed E-state index contributed by atoms with van der Waals surface area (Å²) in [6, 6.07) is 4.24. The van der Waals surface area contributed by atoms with Crippen LogP contribution in [-0.2, 0) is 15.9 Å². The van der Waals surface area contributed by atoms with Gasteiger partial charge in [0.05, 0.1) is 6.17 Å². The highest BCUT2D eigenvalue weighted by atomic mass is 19.4. The molecule has 1 heterocycles. The Morgan fingerprint density at radius 3 is 1.70 bits per heavy atom. The van der Waals surface area contributed by atoms with Gasteiger partial charge in [0.1, 0.15) is 5.75 Å². The second kappa shape index (κ2) is 14.6. The summed E-state index contributed by atoms with van der Waals surface area (Å²) in [4.78, 5) is 8.24. The summed E-state index contributed by atoms with van der Waals surface area (Å²) < 4.78 is 218. The van der Waals surface area contributed by atoms with Gasteiger partial charge in [0.15, 0.2) is 12.4 Å². The van der Waals surface area contributed by atoms with Crippen molar-refractivity contribution in [1.29, 1.82) is 0 Å². The Morgan fingerprint density at radius 1 is 0.660 bits per heavy atom. The highest BCUT2D eigenvalue weighted by Gasteiger charge is 2.85. The second-order valence-electron chi connectivity index (χ2n) is 9.87. The third-order valence-corrected chi connectivity index (χ3v) is 6.14. The van der Waals surface area contributed by atoms with Gasteiger partial charge < -0.3 is 4.74 Å². The van der Waals surface area contributed by atoms with Gasteiger partial charge in [0.2, 0.25) is 0 Å². The number of halogens is 16. The fourth-order valence-electron chi connectivity index (χ4n) is 3.50. The summed E-state index contributed by atoms with van der Waals surface area (Å²) in [7, 11) is 0. The average Bonchev–Trinajstić information content (AvgIpc) is 2.94. The molecule has 0 unspecified atom stereocenters. The molecule has 0 fully saturated rings. The first kappa shape index (κ1) is 40.1. The molecule has 0 amide bonds. The predicted molar refractivity (Wildman–Crippen MR) is 128 cm³/mol. The molecule has 47 heavy (non-hydrogen) atoms. The van der Waals surface area contributed by atoms with Crippen LogP contribution < -0.4 is 4.74 Å². The molecule has 0 aliphatic carbocycles. The van der Waals surface area contributed by atoms with Crippen molar-refractivity contribution < 1.29 is 84.5 Å². The summed E-state index contributed by atoms with van der Waals surface area (Å²) in [6.07, 6.45) is -29.3. The van der Waals surface area contributed by atoms with Gasteiger partial charge in [0, 0.05) is 18.0 Å². The lowest BCUT2D eigenvalue weighted by Crippen LogP contribution is -2.64. The third-order valence-electron chi connectivity index (χ3n) is 6.14. The Labute approximate surface area is 255 Å². The lowest BCUT2D eigenvalue weighted by atomic mass is 10.1. The zero-order chi connectivity index (χ0) is 36.1. The molecule has 0 saturated carbocycles. The first-order valence-electron chi connectivity index (χ1n) is 13.2. The maximum absolute atomic E-state index is 13.9. The van der Waals surface area contributed by atoms with Crippen LogP contribution in [0.3, 0.4) is 0 Å². The molecule has 1 atom stereocenters. The number of hydrogen-bond acceptors (Lipinski definition) is 5. The van der Waals surface area contributed by atoms with Crippen LogP contribution in [0, 0.1) is 0 Å². The van der Waals surface area contributed by atoms with Gasteiger partial charge in [0.25, 0.3) is 0 Å². The third kappa shape index (κ3) is 9.96. The number of unbranched alkanes of at least 4 members (excludes halogenated alkanes) is 2. The molecule has 1 aromatic carbocycles. The number of ether oxygens (including phenoxy) is 3. The molecule has 0 spiro atoms. The molecule has 5 nitrogen and oxygen atoms in total. The zero-order valence-corrected chi connectivity index (χ0v) is 23.7. The number of aryl methyl sites for hydroxylation is 1. The van der Waals surface area contributed by atoms with Gasteiger partial charge in [-0.1, -0.05) is 19.8 Å². The molecule has 1 aromatic heterocycles. The van der Waals surface area contributed by atoms with E-state index in [1.165, 1.54) is 24.5 Å². The van der Waals surface area contributed by atoms with Gasteiger partial charge in [-0.2, -0.15) is 65.9 Å². The number of hydrogen-bond donors (Lipinski definition) is 0. The molecular formula is C26H24F16N2O3. The molecule has 2 aromatic rings. The summed E-state index contributed by atoms with van der Waals surface area (Å²) >= 11 is 0. The number of benzene rings is 1. The normalized spacial score (nSPS) is 14.7. The van der Waals surface area contributed by atoms with E-state index in [9.17, 15) is 70.2 Å². The van der Waals surface area contributed by atoms with Crippen molar-refractivity contribution in [2.75, 3.05) is 6.61 Å². The van der Waals surface area contributed by atoms with Crippen LogP contribution in [0.4, 0.5) is 70.2 Å². The average molecular weight is 716 g/mol. The Kier molecular flexibility index (Phi) is 12.4. The minimum atomic E-state index is -7.93. The molecule has 0 saturated heterocycles. The fourth-order valence-corrected chi connectivity index (χ4v) is 3.50. The Morgan fingerprint density at radius 2 is 1.19 bits per heavy atom. The van der Waals surface area contributed by atoms with Crippen LogP contribution in [0.2, 0.25) is 0 Å². The summed E-state index contributed by atoms with van der Waals surface area (Å²) in [5, 5.41) is 0. The maximum Gasteiger partial charge on any atom is 0.460 e. The Balaban J connectivity index is 2.00. The van der Waals surface area contributed by atoms with E-state index in [0.717, 1.165) is 30.5 Å². The highest BCUT2D eigenvalue weighted by Crippen LogP contribution is 2.56. The molecule has 0 bridgehead atoms. The lowest BCUT2D eigenvalue weighted by Gasteiger charge is -2.36. The molecule has 0 N–H and O–H groups in total. The molecule has 2 rings (SSSR count). The molecule has 268 valence electrons. The highest BCUT2D eigenvalue weighted by molar-refractivity contribution is 5.55. The number of rotatable bonds is 18. The predicted octanol–water partition coefficient (Wildman–Crippen LogP) is 9.61. The van der Waals surface area contributed by atoms with Crippen LogP contribution in [0.1, 0.15) is 44.6 Å². The van der Waals surface area contributed by atoms with Crippen molar-refractivity contribution in [1.82, 2.24) is 9.97 Å². The molecule has 0 aliphatic rings. The smallest absolute Gasteiger partial charge is 0.460 e. The SMILES string of the molecule is CC[C@H](F)CCCCCc1cnc(-c2ccc(OCC(F)(F)OC(F)(F)C(F)(F)OC(F)(F)C(F)(F)C(F)(F)C(F)(F)F)cc2)nc1. The van der Waals surface area contributed by atoms with E-state index in [1.807, 2.05) is 0 Å². The standard InChI is InChI=1S/C26H24F16N2O3/c1-2-17(27)7-5-3-4-6-15-12-43-19(44-13-15)16-8-10-18(11-9-16)45-14-20(28,29)46-25(39,40)26(41,42)47-24(37,38)22(32,33)21(30,31)23(34,35)36/h8-13,17H,2-7,14H2,1H3/t17-/m0/s1. The second-order valence-corrected chi connectivity index (χ2v) is 9.87. The van der Waals surface area contributed by atoms with E-state index in [2.05, 4.69) is 19.4 Å². The number of alkyl halides is 16. The quantitative estimate of drug-likeness (QED) is 0.114. The van der Waals surface area contributed by atoms with Crippen LogP contribution in [0.25, 0.3) is 11.4 Å². The minimum absolute atomic E-state index is 0.134. The van der Waals surface area contributed by atoms with Crippen molar-refractivity contribution in [2.45, 2.75) is 94.1 Å². The van der Waals surface area contributed by atoms with Crippen molar-refractivity contribution >= 4 is 0 Å². The zero-order valence-electron chi connectivity index (χ0n) is 23.7. The van der Waals surface area contributed by atoms with Gasteiger partial charge in [-0.05, 0) is 55.5 Å². The van der Waals surface area contributed by atoms with Crippen LogP contribution in [0.15, 0.2) is 36.7 Å². The van der Waals surface area contributed by atoms with E-state index in [-0.39, 0.29) is 11.4 Å². The van der Waals surface area contributed by atoms with E-state index >= 15 is 0 Å². The Hall–Kier alpha value is -3.10. The summed E-state index contributed by atoms with van der Waals surface area (Å²) in [6.45, 7) is -0.622. The van der Waals surface area contributed by atoms with E-state index < -0.39 is 61.0 Å². The van der Waals surface area contributed by atoms with Crippen LogP contribution >= 0.6 is 0 Å². The first-order valence-corrected chi connectivity index (χ1v) is 13.2. The number of aromatic nitrogens is 2. The van der Waals surface area contributed by atoms with Gasteiger partial charge in [-0.3, -0.25) is 0 Å². The maximum atomic E-state index is 13.9. The first-order chi connectivity index (χ1) is 21.3. The van der Waals surface area contributed by atoms with Crippen LogP contribution in [0.5, 0.6) is 5.75 Å². The monoisotopic (exact) mass is 716 g/mol. The largest absolute Gasteiger partial charge is 0.484 e. The van der Waals surface area contributed by atoms with E-state index in [0.29, 0.717) is 25.7 Å². The van der Waals surface area contributed by atoms with Crippen molar-refractivity contribution in [2.24, 2.45) is 0 Å². The molecule has 0 radical (unpaired) electrons. The number of nitrogens with zero attached hydrogens (tertiary/aromatic N) is 2. The molecular weight excluding hydrogens is 692 g/mol. The van der Waals surface area contributed by atoms with Crippen molar-refractivity contribution in [3.8, 4) is 17.1 Å². The molecule has 0 aliphatic heterocycles. The fraction of sp³-hybridized carbons (Fsp3) is 0.615. The summed E-state index contributed by atoms with van der Waals surface area (Å²) in [5.41, 5.74) is 1.03. The Bertz CT molecular complexity index is 1270. The summed E-state index contributed by atoms with van der Waals surface area (Å²) in [5.74, 6) is -16.2.